The van der Waals surface area contributed by atoms with Crippen LogP contribution in [0.5, 0.6) is 0 Å². The zero-order chi connectivity index (χ0) is 20.1. The second-order valence-electron chi connectivity index (χ2n) is 7.74. The summed E-state index contributed by atoms with van der Waals surface area (Å²) in [6.45, 7) is 4.20. The van der Waals surface area contributed by atoms with Crippen LogP contribution in [0, 0.1) is 13.8 Å². The van der Waals surface area contributed by atoms with Gasteiger partial charge in [-0.1, -0.05) is 17.7 Å². The van der Waals surface area contributed by atoms with Crippen molar-refractivity contribution in [3.05, 3.63) is 41.6 Å². The number of anilines is 3. The van der Waals surface area contributed by atoms with Gasteiger partial charge < -0.3 is 20.9 Å². The summed E-state index contributed by atoms with van der Waals surface area (Å²) in [6.07, 6.45) is 6.08. The first-order chi connectivity index (χ1) is 13.4. The average molecular weight is 399 g/mol. The van der Waals surface area contributed by atoms with E-state index in [-0.39, 0.29) is 0 Å². The molecule has 0 atom stereocenters. The highest BCUT2D eigenvalue weighted by atomic mass is 32.1. The molecule has 1 aliphatic rings. The highest BCUT2D eigenvalue weighted by molar-refractivity contribution is 7.80. The van der Waals surface area contributed by atoms with E-state index in [1.807, 2.05) is 25.1 Å². The number of hydrogen-bond acceptors (Lipinski definition) is 5. The van der Waals surface area contributed by atoms with Crippen LogP contribution >= 0.6 is 12.2 Å². The molecule has 2 aromatic rings. The summed E-state index contributed by atoms with van der Waals surface area (Å²) < 4.78 is 0. The predicted octanol–water partition coefficient (Wildman–Crippen LogP) is 3.87. The molecule has 7 heteroatoms. The maximum absolute atomic E-state index is 5.52. The highest BCUT2D eigenvalue weighted by Gasteiger charge is 2.22. The van der Waals surface area contributed by atoms with E-state index in [2.05, 4.69) is 58.0 Å². The second kappa shape index (κ2) is 9.19. The molecule has 1 aliphatic carbocycles. The number of benzene rings is 1. The van der Waals surface area contributed by atoms with Crippen LogP contribution in [0.1, 0.15) is 36.8 Å². The summed E-state index contributed by atoms with van der Waals surface area (Å²) in [4.78, 5) is 10.9. The minimum Gasteiger partial charge on any atom is -0.363 e. The molecular formula is C21H30N6S. The van der Waals surface area contributed by atoms with Crippen molar-refractivity contribution in [2.45, 2.75) is 51.6 Å². The molecular weight excluding hydrogens is 368 g/mol. The molecule has 28 heavy (non-hydrogen) atoms. The van der Waals surface area contributed by atoms with Crippen LogP contribution in [-0.4, -0.2) is 41.3 Å². The second-order valence-corrected chi connectivity index (χ2v) is 8.15. The van der Waals surface area contributed by atoms with E-state index >= 15 is 0 Å². The Labute approximate surface area is 173 Å². The SMILES string of the molecule is Cc1ccc(NC(=S)N[C@H]2CC[C@@H](Nc3nccc(N(C)C)n3)CC2)c(C)c1. The summed E-state index contributed by atoms with van der Waals surface area (Å²) in [5.74, 6) is 1.62. The number of hydrogen-bond donors (Lipinski definition) is 3. The fourth-order valence-corrected chi connectivity index (χ4v) is 3.81. The van der Waals surface area contributed by atoms with Gasteiger partial charge in [0, 0.05) is 38.1 Å². The van der Waals surface area contributed by atoms with Crippen LogP contribution in [0.15, 0.2) is 30.5 Å². The molecule has 150 valence electrons. The van der Waals surface area contributed by atoms with Crippen molar-refractivity contribution in [2.24, 2.45) is 0 Å². The van der Waals surface area contributed by atoms with Gasteiger partial charge in [-0.05, 0) is 69.4 Å². The van der Waals surface area contributed by atoms with E-state index in [1.54, 1.807) is 6.20 Å². The van der Waals surface area contributed by atoms with E-state index in [9.17, 15) is 0 Å². The molecule has 0 amide bonds. The Morgan fingerprint density at radius 3 is 2.46 bits per heavy atom. The molecule has 3 N–H and O–H groups in total. The smallest absolute Gasteiger partial charge is 0.224 e. The first-order valence-corrected chi connectivity index (χ1v) is 10.2. The molecule has 1 aromatic heterocycles. The first kappa shape index (κ1) is 20.3. The molecule has 1 fully saturated rings. The Kier molecular flexibility index (Phi) is 6.67. The van der Waals surface area contributed by atoms with Gasteiger partial charge in [0.15, 0.2) is 5.11 Å². The third-order valence-electron chi connectivity index (χ3n) is 5.12. The largest absolute Gasteiger partial charge is 0.363 e. The predicted molar refractivity (Wildman–Crippen MR) is 121 cm³/mol. The van der Waals surface area contributed by atoms with Gasteiger partial charge in [-0.15, -0.1) is 0 Å². The quantitative estimate of drug-likeness (QED) is 0.661. The van der Waals surface area contributed by atoms with Crippen LogP contribution in [0.3, 0.4) is 0 Å². The normalized spacial score (nSPS) is 19.0. The lowest BCUT2D eigenvalue weighted by Crippen LogP contribution is -2.42. The van der Waals surface area contributed by atoms with Crippen molar-refractivity contribution in [3.8, 4) is 0 Å². The van der Waals surface area contributed by atoms with Gasteiger partial charge >= 0.3 is 0 Å². The fourth-order valence-electron chi connectivity index (χ4n) is 3.53. The Hall–Kier alpha value is -2.41. The van der Waals surface area contributed by atoms with E-state index in [4.69, 9.17) is 12.2 Å². The van der Waals surface area contributed by atoms with E-state index in [0.29, 0.717) is 23.1 Å². The number of rotatable bonds is 5. The fraction of sp³-hybridized carbons (Fsp3) is 0.476. The minimum absolute atomic E-state index is 0.399. The Balaban J connectivity index is 1.46. The topological polar surface area (TPSA) is 65.1 Å². The minimum atomic E-state index is 0.399. The Morgan fingerprint density at radius 2 is 1.79 bits per heavy atom. The monoisotopic (exact) mass is 398 g/mol. The van der Waals surface area contributed by atoms with Gasteiger partial charge in [0.1, 0.15) is 5.82 Å². The first-order valence-electron chi connectivity index (χ1n) is 9.82. The van der Waals surface area contributed by atoms with Crippen LogP contribution in [0.25, 0.3) is 0 Å². The van der Waals surface area contributed by atoms with Gasteiger partial charge in [-0.2, -0.15) is 4.98 Å². The third kappa shape index (κ3) is 5.55. The maximum Gasteiger partial charge on any atom is 0.224 e. The highest BCUT2D eigenvalue weighted by Crippen LogP contribution is 2.22. The summed E-state index contributed by atoms with van der Waals surface area (Å²) in [6, 6.07) is 9.06. The molecule has 3 rings (SSSR count). The van der Waals surface area contributed by atoms with Crippen molar-refractivity contribution in [1.82, 2.24) is 15.3 Å². The number of aromatic nitrogens is 2. The summed E-state index contributed by atoms with van der Waals surface area (Å²) in [5, 5.41) is 11.0. The van der Waals surface area contributed by atoms with Crippen molar-refractivity contribution in [3.63, 3.8) is 0 Å². The lowest BCUT2D eigenvalue weighted by atomic mass is 9.91. The maximum atomic E-state index is 5.52. The van der Waals surface area contributed by atoms with Crippen molar-refractivity contribution in [2.75, 3.05) is 29.6 Å². The zero-order valence-electron chi connectivity index (χ0n) is 17.1. The van der Waals surface area contributed by atoms with Crippen LogP contribution in [0.4, 0.5) is 17.5 Å². The molecule has 0 radical (unpaired) electrons. The lowest BCUT2D eigenvalue weighted by molar-refractivity contribution is 0.387. The van der Waals surface area contributed by atoms with Gasteiger partial charge in [0.05, 0.1) is 0 Å². The number of thiocarbonyl (C=S) groups is 1. The molecule has 6 nitrogen and oxygen atoms in total. The summed E-state index contributed by atoms with van der Waals surface area (Å²) in [7, 11) is 3.97. The van der Waals surface area contributed by atoms with E-state index in [0.717, 1.165) is 37.2 Å². The Morgan fingerprint density at radius 1 is 1.07 bits per heavy atom. The van der Waals surface area contributed by atoms with E-state index in [1.165, 1.54) is 11.1 Å². The molecule has 0 spiro atoms. The van der Waals surface area contributed by atoms with Crippen LogP contribution in [0.2, 0.25) is 0 Å². The number of nitrogens with zero attached hydrogens (tertiary/aromatic N) is 3. The molecule has 0 bridgehead atoms. The summed E-state index contributed by atoms with van der Waals surface area (Å²) in [5.41, 5.74) is 3.53. The van der Waals surface area contributed by atoms with Crippen molar-refractivity contribution in [1.29, 1.82) is 0 Å². The van der Waals surface area contributed by atoms with Gasteiger partial charge in [0.2, 0.25) is 5.95 Å². The van der Waals surface area contributed by atoms with Crippen molar-refractivity contribution >= 4 is 34.8 Å². The summed E-state index contributed by atoms with van der Waals surface area (Å²) >= 11 is 5.52. The molecule has 1 saturated carbocycles. The van der Waals surface area contributed by atoms with Gasteiger partial charge in [-0.25, -0.2) is 4.98 Å². The number of aryl methyl sites for hydroxylation is 2. The zero-order valence-corrected chi connectivity index (χ0v) is 17.9. The molecule has 1 aromatic carbocycles. The Bertz CT molecular complexity index is 814. The molecule has 0 unspecified atom stereocenters. The number of nitrogens with one attached hydrogen (secondary N) is 3. The van der Waals surface area contributed by atoms with Gasteiger partial charge in [-0.3, -0.25) is 0 Å². The molecule has 1 heterocycles. The van der Waals surface area contributed by atoms with Crippen molar-refractivity contribution < 1.29 is 0 Å². The van der Waals surface area contributed by atoms with Gasteiger partial charge in [0.25, 0.3) is 0 Å². The average Bonchev–Trinajstić information content (AvgIpc) is 2.66. The van der Waals surface area contributed by atoms with Crippen LogP contribution in [-0.2, 0) is 0 Å². The standard InChI is InChI=1S/C21H30N6S/c1-14-5-10-18(15(2)13-14)25-21(28)24-17-8-6-16(7-9-17)23-20-22-12-11-19(26-20)27(3)4/h5,10-13,16-17H,6-9H2,1-4H3,(H,22,23,26)(H2,24,25,28)/t16-,17+. The molecule has 0 aliphatic heterocycles. The molecule has 0 saturated heterocycles. The van der Waals surface area contributed by atoms with E-state index < -0.39 is 0 Å². The van der Waals surface area contributed by atoms with Crippen LogP contribution < -0.4 is 20.9 Å². The third-order valence-corrected chi connectivity index (χ3v) is 5.34. The lowest BCUT2D eigenvalue weighted by Gasteiger charge is -2.30.